The van der Waals surface area contributed by atoms with E-state index in [0.29, 0.717) is 22.7 Å². The second kappa shape index (κ2) is 26.2. The van der Waals surface area contributed by atoms with E-state index >= 15 is 0 Å². The molecule has 22 heteroatoms. The monoisotopic (exact) mass is 937 g/mol. The van der Waals surface area contributed by atoms with E-state index in [1.165, 1.54) is 41.5 Å². The van der Waals surface area contributed by atoms with Crippen LogP contribution in [0.1, 0.15) is 27.7 Å². The van der Waals surface area contributed by atoms with E-state index in [2.05, 4.69) is 48.6 Å². The lowest BCUT2D eigenvalue weighted by Gasteiger charge is -2.07. The van der Waals surface area contributed by atoms with Crippen LogP contribution in [0.4, 0.5) is 22.7 Å². The van der Waals surface area contributed by atoms with Crippen molar-refractivity contribution in [3.05, 3.63) is 100 Å². The molecule has 0 unspecified atom stereocenters. The van der Waals surface area contributed by atoms with Gasteiger partial charge in [0, 0.05) is 62.1 Å². The van der Waals surface area contributed by atoms with Crippen molar-refractivity contribution in [2.75, 3.05) is 47.6 Å². The van der Waals surface area contributed by atoms with Crippen molar-refractivity contribution in [2.45, 2.75) is 40.8 Å². The molecule has 0 aliphatic carbocycles. The van der Waals surface area contributed by atoms with E-state index in [1.807, 2.05) is 12.1 Å². The number of nitrogens with one attached hydrogen (secondary N) is 5. The molecule has 342 valence electrons. The van der Waals surface area contributed by atoms with Crippen molar-refractivity contribution in [3.63, 3.8) is 0 Å². The van der Waals surface area contributed by atoms with Gasteiger partial charge in [0.15, 0.2) is 24.4 Å². The van der Waals surface area contributed by atoms with Crippen LogP contribution in [-0.2, 0) is 56.1 Å². The minimum Gasteiger partial charge on any atom is -0.457 e. The molecule has 0 aliphatic heterocycles. The quantitative estimate of drug-likeness (QED) is 0.0415. The van der Waals surface area contributed by atoms with E-state index in [9.17, 15) is 48.9 Å². The Hall–Kier alpha value is -8.52. The lowest BCUT2D eigenvalue weighted by Crippen LogP contribution is -2.34. The number of anilines is 4. The molecule has 0 fully saturated rings. The van der Waals surface area contributed by atoms with Crippen LogP contribution in [0.15, 0.2) is 70.8 Å². The number of terminal acetylenes is 1. The summed E-state index contributed by atoms with van der Waals surface area (Å²) in [5.41, 5.74) is 0.821. The number of amides is 3. The van der Waals surface area contributed by atoms with Gasteiger partial charge in [0.05, 0.1) is 6.54 Å². The van der Waals surface area contributed by atoms with Gasteiger partial charge in [-0.15, -0.1) is 29.1 Å². The van der Waals surface area contributed by atoms with Gasteiger partial charge in [-0.3, -0.25) is 42.7 Å². The average molecular weight is 938 g/mol. The molecule has 0 spiro atoms. The molecular formula is C44H43N9O11S2. The number of nitriles is 2. The number of benzene rings is 2. The first-order valence-electron chi connectivity index (χ1n) is 19.4. The lowest BCUT2D eigenvalue weighted by atomic mass is 10.2. The number of ether oxygens (including phenoxy) is 3. The van der Waals surface area contributed by atoms with Crippen LogP contribution in [0.3, 0.4) is 0 Å². The largest absolute Gasteiger partial charge is 0.457 e. The molecule has 0 saturated heterocycles. The molecule has 5 N–H and O–H groups in total. The molecule has 4 rings (SSSR count). The predicted octanol–water partition coefficient (Wildman–Crippen LogP) is 0.390. The summed E-state index contributed by atoms with van der Waals surface area (Å²) in [5, 5.41) is 32.4. The smallest absolute Gasteiger partial charge is 0.352 e. The summed E-state index contributed by atoms with van der Waals surface area (Å²) in [6.45, 7) is 8.93. The number of thiazole rings is 2. The zero-order valence-corrected chi connectivity index (χ0v) is 37.6. The maximum absolute atomic E-state index is 12.8. The number of aromatic nitrogens is 2. The van der Waals surface area contributed by atoms with Gasteiger partial charge in [0.25, 0.3) is 28.8 Å². The van der Waals surface area contributed by atoms with Crippen molar-refractivity contribution in [2.24, 2.45) is 0 Å². The van der Waals surface area contributed by atoms with Crippen molar-refractivity contribution in [1.29, 1.82) is 10.5 Å². The molecule has 0 bridgehead atoms. The first kappa shape index (κ1) is 51.8. The first-order chi connectivity index (χ1) is 31.6. The summed E-state index contributed by atoms with van der Waals surface area (Å²) in [6.07, 6.45) is 9.42. The molecule has 2 aromatic carbocycles. The molecular weight excluding hydrogens is 895 g/mol. The highest BCUT2D eigenvalue weighted by atomic mass is 32.1. The Kier molecular flexibility index (Phi) is 20.6. The highest BCUT2D eigenvalue weighted by Crippen LogP contribution is 2.16. The first-order valence-corrected chi connectivity index (χ1v) is 21.0. The fourth-order valence-corrected chi connectivity index (χ4v) is 7.35. The fraction of sp³-hybridized carbons (Fsp3) is 0.227. The summed E-state index contributed by atoms with van der Waals surface area (Å²) in [5.74, 6) is -1.35. The number of nitrogens with zero attached hydrogens (tertiary/aromatic N) is 4. The fourth-order valence-electron chi connectivity index (χ4n) is 5.19. The van der Waals surface area contributed by atoms with Gasteiger partial charge >= 0.3 is 17.9 Å². The third-order valence-electron chi connectivity index (χ3n) is 8.06. The molecule has 0 radical (unpaired) electrons. The van der Waals surface area contributed by atoms with Crippen molar-refractivity contribution in [3.8, 4) is 24.5 Å². The van der Waals surface area contributed by atoms with E-state index in [4.69, 9.17) is 11.2 Å². The minimum atomic E-state index is -0.836. The summed E-state index contributed by atoms with van der Waals surface area (Å²) >= 11 is 1.97. The minimum absolute atomic E-state index is 0.0416. The second-order valence-electron chi connectivity index (χ2n) is 12.8. The third-order valence-corrected chi connectivity index (χ3v) is 10.3. The summed E-state index contributed by atoms with van der Waals surface area (Å²) in [4.78, 5) is 95.2. The van der Waals surface area contributed by atoms with Gasteiger partial charge in [-0.1, -0.05) is 30.7 Å². The van der Waals surface area contributed by atoms with E-state index in [0.717, 1.165) is 22.7 Å². The predicted molar refractivity (Wildman–Crippen MR) is 248 cm³/mol. The van der Waals surface area contributed by atoms with Crippen molar-refractivity contribution < 1.29 is 43.0 Å². The van der Waals surface area contributed by atoms with Crippen LogP contribution in [0.5, 0.6) is 0 Å². The molecule has 3 amide bonds. The maximum Gasteiger partial charge on any atom is 0.352 e. The molecule has 4 aromatic rings. The molecule has 0 atom stereocenters. The van der Waals surface area contributed by atoms with E-state index in [-0.39, 0.29) is 66.9 Å². The standard InChI is InChI=1S/C22H21N5O5S.C22H22N4O6S/c1-4-9-24-20(30)17(11-23)22-27(5-2)21(31)18(33-22)12-25-15-7-6-8-16(10-15)26-19(29)13-32-14(3)28;1-4-9-31-22(30)17(11-23)21-26(5-2)20(29)18(33-21)12-24-15-7-6-8-16(10-15)25-19(28)13-32-14(3)27/h1,6-8,10,12,25H,5,9,13H2,2-3H3,(H,24,30)(H,26,29);4,6-8,10,12,24H,1,5,9,13H2,2-3H3,(H,25,28). The van der Waals surface area contributed by atoms with Gasteiger partial charge in [-0.05, 0) is 50.2 Å². The Bertz CT molecular complexity index is 3020. The van der Waals surface area contributed by atoms with Gasteiger partial charge in [0.1, 0.15) is 37.1 Å². The number of carbonyl (C=O) groups excluding carboxylic acids is 6. The molecule has 0 saturated carbocycles. The lowest BCUT2D eigenvalue weighted by molar-refractivity contribution is -0.145. The summed E-state index contributed by atoms with van der Waals surface area (Å²) in [7, 11) is 0. The van der Waals surface area contributed by atoms with Crippen LogP contribution >= 0.6 is 22.7 Å². The molecule has 0 aliphatic rings. The topological polar surface area (TPSA) is 282 Å². The third kappa shape index (κ3) is 15.4. The highest BCUT2D eigenvalue weighted by molar-refractivity contribution is 7.08. The summed E-state index contributed by atoms with van der Waals surface area (Å²) < 4.78 is 17.8. The Morgan fingerprint density at radius 3 is 1.56 bits per heavy atom. The molecule has 2 aromatic heterocycles. The zero-order chi connectivity index (χ0) is 48.8. The number of hydrogen-bond donors (Lipinski definition) is 5. The molecule has 2 heterocycles. The van der Waals surface area contributed by atoms with Gasteiger partial charge in [-0.2, -0.15) is 10.5 Å². The zero-order valence-electron chi connectivity index (χ0n) is 36.0. The Balaban J connectivity index is 0.000000350. The second-order valence-corrected chi connectivity index (χ2v) is 14.8. The van der Waals surface area contributed by atoms with Gasteiger partial charge < -0.3 is 40.8 Å². The number of hydrogen-bond acceptors (Lipinski definition) is 17. The normalized spacial score (nSPS) is 11.7. The van der Waals surface area contributed by atoms with E-state index < -0.39 is 48.8 Å². The Morgan fingerprint density at radius 1 is 0.727 bits per heavy atom. The number of esters is 3. The van der Waals surface area contributed by atoms with Crippen molar-refractivity contribution in [1.82, 2.24) is 14.5 Å². The number of rotatable bonds is 17. The van der Waals surface area contributed by atoms with Crippen LogP contribution < -0.4 is 56.1 Å². The number of carbonyl (C=O) groups is 6. The van der Waals surface area contributed by atoms with Gasteiger partial charge in [0.2, 0.25) is 0 Å². The highest BCUT2D eigenvalue weighted by Gasteiger charge is 2.17. The van der Waals surface area contributed by atoms with Crippen LogP contribution in [0.2, 0.25) is 0 Å². The molecule has 66 heavy (non-hydrogen) atoms. The van der Waals surface area contributed by atoms with Crippen LogP contribution in [0, 0.1) is 35.0 Å². The average Bonchev–Trinajstić information content (AvgIpc) is 3.78. The van der Waals surface area contributed by atoms with Gasteiger partial charge in [-0.25, -0.2) is 4.79 Å². The SMILES string of the molecule is C#CCNC(=O)C(C#N)=c1sc(=CNc2cccc(NC(=O)COC(C)=O)c2)c(=O)n1CC.C=CCOC(=O)C(C#N)=c1sc(=CNc2cccc(NC(=O)COC(C)=O)c2)c(=O)n1CC. The molecule has 20 nitrogen and oxygen atoms in total. The van der Waals surface area contributed by atoms with Crippen molar-refractivity contribution >= 4 is 105 Å². The van der Waals surface area contributed by atoms with Crippen LogP contribution in [0.25, 0.3) is 23.5 Å². The Morgan fingerprint density at radius 2 is 1.17 bits per heavy atom. The van der Waals surface area contributed by atoms with Crippen LogP contribution in [-0.4, -0.2) is 71.1 Å². The maximum atomic E-state index is 12.8. The summed E-state index contributed by atoms with van der Waals surface area (Å²) in [6, 6.07) is 17.0. The Labute approximate surface area is 384 Å². The van der Waals surface area contributed by atoms with E-state index in [1.54, 1.807) is 62.4 Å².